The maximum atomic E-state index is 6.03. The minimum Gasteiger partial charge on any atom is -0.436 e. The maximum Gasteiger partial charge on any atom is 0.227 e. The largest absolute Gasteiger partial charge is 0.436 e. The molecular formula is C19H15IN2O. The first-order chi connectivity index (χ1) is 11.1. The van der Waals surface area contributed by atoms with Crippen LogP contribution in [0, 0.1) is 17.4 Å². The normalized spacial score (nSPS) is 11.3. The summed E-state index contributed by atoms with van der Waals surface area (Å²) < 4.78 is 9.32. The number of benzene rings is 2. The van der Waals surface area contributed by atoms with E-state index in [9.17, 15) is 0 Å². The van der Waals surface area contributed by atoms with Crippen LogP contribution in [0.1, 0.15) is 11.1 Å². The maximum absolute atomic E-state index is 6.03. The highest BCUT2D eigenvalue weighted by Gasteiger charge is 2.12. The Morgan fingerprint density at radius 3 is 2.52 bits per heavy atom. The molecule has 114 valence electrons. The average Bonchev–Trinajstić information content (AvgIpc) is 3.18. The summed E-state index contributed by atoms with van der Waals surface area (Å²) in [5.41, 5.74) is 6.20. The van der Waals surface area contributed by atoms with E-state index in [4.69, 9.17) is 9.40 Å². The first kappa shape index (κ1) is 14.5. The molecule has 2 heterocycles. The lowest BCUT2D eigenvalue weighted by Gasteiger charge is -2.03. The van der Waals surface area contributed by atoms with Gasteiger partial charge in [0, 0.05) is 27.2 Å². The second kappa shape index (κ2) is 5.53. The molecule has 0 saturated carbocycles. The predicted octanol–water partition coefficient (Wildman–Crippen LogP) is 5.51. The van der Waals surface area contributed by atoms with E-state index in [1.807, 2.05) is 24.5 Å². The fraction of sp³-hybridized carbons (Fsp3) is 0.105. The van der Waals surface area contributed by atoms with E-state index < -0.39 is 0 Å². The number of aromatic nitrogens is 2. The molecule has 0 aliphatic rings. The van der Waals surface area contributed by atoms with Gasteiger partial charge in [-0.05, 0) is 84.0 Å². The molecule has 0 aliphatic heterocycles. The lowest BCUT2D eigenvalue weighted by Crippen LogP contribution is -1.90. The van der Waals surface area contributed by atoms with Gasteiger partial charge in [0.25, 0.3) is 0 Å². The molecule has 4 aromatic rings. The van der Waals surface area contributed by atoms with Crippen LogP contribution in [0.2, 0.25) is 0 Å². The standard InChI is InChI=1S/C19H15IN2O/c1-12-5-6-14(10-16(12)20)19-21-17-11-15(22-7-3-4-8-22)9-13(2)18(17)23-19/h3-11H,1-2H3. The summed E-state index contributed by atoms with van der Waals surface area (Å²) in [6.45, 7) is 4.16. The highest BCUT2D eigenvalue weighted by molar-refractivity contribution is 14.1. The van der Waals surface area contributed by atoms with Crippen LogP contribution >= 0.6 is 22.6 Å². The highest BCUT2D eigenvalue weighted by Crippen LogP contribution is 2.29. The van der Waals surface area contributed by atoms with Gasteiger partial charge in [-0.3, -0.25) is 0 Å². The van der Waals surface area contributed by atoms with Gasteiger partial charge < -0.3 is 8.98 Å². The number of rotatable bonds is 2. The predicted molar refractivity (Wildman–Crippen MR) is 101 cm³/mol. The molecule has 0 amide bonds. The monoisotopic (exact) mass is 414 g/mol. The fourth-order valence-corrected chi connectivity index (χ4v) is 3.20. The van der Waals surface area contributed by atoms with Crippen LogP contribution in [-0.2, 0) is 0 Å². The number of hydrogen-bond donors (Lipinski definition) is 0. The Bertz CT molecular complexity index is 1000. The second-order valence-electron chi connectivity index (χ2n) is 5.68. The third-order valence-electron chi connectivity index (χ3n) is 3.98. The van der Waals surface area contributed by atoms with Gasteiger partial charge in [0.2, 0.25) is 5.89 Å². The average molecular weight is 414 g/mol. The zero-order valence-electron chi connectivity index (χ0n) is 12.9. The van der Waals surface area contributed by atoms with Crippen LogP contribution in [-0.4, -0.2) is 9.55 Å². The molecular weight excluding hydrogens is 399 g/mol. The highest BCUT2D eigenvalue weighted by atomic mass is 127. The van der Waals surface area contributed by atoms with Crippen molar-refractivity contribution in [2.45, 2.75) is 13.8 Å². The quantitative estimate of drug-likeness (QED) is 0.405. The van der Waals surface area contributed by atoms with E-state index in [1.165, 1.54) is 9.13 Å². The van der Waals surface area contributed by atoms with Gasteiger partial charge in [-0.1, -0.05) is 6.07 Å². The summed E-state index contributed by atoms with van der Waals surface area (Å²) in [7, 11) is 0. The minimum absolute atomic E-state index is 0.672. The number of oxazole rings is 1. The van der Waals surface area contributed by atoms with Gasteiger partial charge in [0.15, 0.2) is 5.58 Å². The van der Waals surface area contributed by atoms with Crippen LogP contribution in [0.4, 0.5) is 0 Å². The van der Waals surface area contributed by atoms with Gasteiger partial charge in [0.05, 0.1) is 0 Å². The Hall–Kier alpha value is -2.08. The Balaban J connectivity index is 1.87. The van der Waals surface area contributed by atoms with Crippen LogP contribution < -0.4 is 0 Å². The summed E-state index contributed by atoms with van der Waals surface area (Å²) >= 11 is 2.34. The molecule has 0 saturated heterocycles. The van der Waals surface area contributed by atoms with Gasteiger partial charge in [-0.15, -0.1) is 0 Å². The van der Waals surface area contributed by atoms with Gasteiger partial charge in [-0.2, -0.15) is 0 Å². The third kappa shape index (κ3) is 2.57. The van der Waals surface area contributed by atoms with E-state index >= 15 is 0 Å². The van der Waals surface area contributed by atoms with E-state index in [0.717, 1.165) is 27.9 Å². The summed E-state index contributed by atoms with van der Waals surface area (Å²) in [4.78, 5) is 4.70. The molecule has 0 unspecified atom stereocenters. The Labute approximate surface area is 148 Å². The Morgan fingerprint density at radius 2 is 1.78 bits per heavy atom. The zero-order chi connectivity index (χ0) is 16.0. The van der Waals surface area contributed by atoms with Crippen LogP contribution in [0.25, 0.3) is 28.2 Å². The van der Waals surface area contributed by atoms with Gasteiger partial charge >= 0.3 is 0 Å². The van der Waals surface area contributed by atoms with E-state index in [2.05, 4.69) is 71.3 Å². The first-order valence-corrected chi connectivity index (χ1v) is 8.51. The lowest BCUT2D eigenvalue weighted by molar-refractivity contribution is 0.617. The molecule has 3 nitrogen and oxygen atoms in total. The third-order valence-corrected chi connectivity index (χ3v) is 5.14. The van der Waals surface area contributed by atoms with Crippen molar-refractivity contribution >= 4 is 33.7 Å². The molecule has 0 N–H and O–H groups in total. The van der Waals surface area contributed by atoms with Crippen molar-refractivity contribution in [2.75, 3.05) is 0 Å². The second-order valence-corrected chi connectivity index (χ2v) is 6.85. The first-order valence-electron chi connectivity index (χ1n) is 7.43. The van der Waals surface area contributed by atoms with Crippen molar-refractivity contribution in [2.24, 2.45) is 0 Å². The van der Waals surface area contributed by atoms with Crippen LogP contribution in [0.15, 0.2) is 59.3 Å². The van der Waals surface area contributed by atoms with Gasteiger partial charge in [-0.25, -0.2) is 4.98 Å². The number of aryl methyl sites for hydroxylation is 2. The van der Waals surface area contributed by atoms with Gasteiger partial charge in [0.1, 0.15) is 5.52 Å². The lowest BCUT2D eigenvalue weighted by atomic mass is 10.1. The summed E-state index contributed by atoms with van der Waals surface area (Å²) in [6.07, 6.45) is 4.06. The molecule has 0 aliphatic carbocycles. The van der Waals surface area contributed by atoms with Crippen molar-refractivity contribution in [1.29, 1.82) is 0 Å². The minimum atomic E-state index is 0.672. The van der Waals surface area contributed by atoms with E-state index in [0.29, 0.717) is 5.89 Å². The van der Waals surface area contributed by atoms with Crippen molar-refractivity contribution in [1.82, 2.24) is 9.55 Å². The van der Waals surface area contributed by atoms with Crippen LogP contribution in [0.5, 0.6) is 0 Å². The molecule has 0 spiro atoms. The van der Waals surface area contributed by atoms with Crippen molar-refractivity contribution in [3.63, 3.8) is 0 Å². The smallest absolute Gasteiger partial charge is 0.227 e. The summed E-state index contributed by atoms with van der Waals surface area (Å²) in [5, 5.41) is 0. The molecule has 2 aromatic carbocycles. The molecule has 0 bridgehead atoms. The number of fused-ring (bicyclic) bond motifs is 1. The van der Waals surface area contributed by atoms with Crippen LogP contribution in [0.3, 0.4) is 0 Å². The molecule has 4 heteroatoms. The molecule has 0 radical (unpaired) electrons. The fourth-order valence-electron chi connectivity index (χ4n) is 2.69. The Morgan fingerprint density at radius 1 is 1.00 bits per heavy atom. The number of nitrogens with zero attached hydrogens (tertiary/aromatic N) is 2. The molecule has 0 atom stereocenters. The zero-order valence-corrected chi connectivity index (χ0v) is 15.0. The van der Waals surface area contributed by atoms with Crippen molar-refractivity contribution in [3.05, 3.63) is 69.6 Å². The topological polar surface area (TPSA) is 31.0 Å². The Kier molecular flexibility index (Phi) is 3.49. The number of hydrogen-bond acceptors (Lipinski definition) is 2. The summed E-state index contributed by atoms with van der Waals surface area (Å²) in [5.74, 6) is 0.672. The molecule has 23 heavy (non-hydrogen) atoms. The van der Waals surface area contributed by atoms with Crippen molar-refractivity contribution < 1.29 is 4.42 Å². The SMILES string of the molecule is Cc1ccc(-c2nc3cc(-n4cccc4)cc(C)c3o2)cc1I. The van der Waals surface area contributed by atoms with E-state index in [-0.39, 0.29) is 0 Å². The molecule has 0 fully saturated rings. The van der Waals surface area contributed by atoms with E-state index in [1.54, 1.807) is 0 Å². The molecule has 4 rings (SSSR count). The number of halogens is 1. The molecule has 2 aromatic heterocycles. The van der Waals surface area contributed by atoms with Crippen molar-refractivity contribution in [3.8, 4) is 17.1 Å². The summed E-state index contributed by atoms with van der Waals surface area (Å²) in [6, 6.07) is 14.5.